The SMILES string of the molecule is CNCC(=O)c1ccc(OC(C)C)c(F)c1. The van der Waals surface area contributed by atoms with Gasteiger partial charge in [-0.1, -0.05) is 0 Å². The summed E-state index contributed by atoms with van der Waals surface area (Å²) in [4.78, 5) is 11.5. The molecule has 4 heteroatoms. The lowest BCUT2D eigenvalue weighted by Crippen LogP contribution is -2.18. The molecule has 0 heterocycles. The summed E-state index contributed by atoms with van der Waals surface area (Å²) >= 11 is 0. The fraction of sp³-hybridized carbons (Fsp3) is 0.417. The average Bonchev–Trinajstić information content (AvgIpc) is 2.20. The molecule has 1 rings (SSSR count). The van der Waals surface area contributed by atoms with Crippen molar-refractivity contribution in [2.75, 3.05) is 13.6 Å². The van der Waals surface area contributed by atoms with Gasteiger partial charge in [-0.15, -0.1) is 0 Å². The fourth-order valence-electron chi connectivity index (χ4n) is 1.29. The van der Waals surface area contributed by atoms with Crippen LogP contribution in [0.25, 0.3) is 0 Å². The highest BCUT2D eigenvalue weighted by atomic mass is 19.1. The molecule has 0 saturated carbocycles. The zero-order valence-corrected chi connectivity index (χ0v) is 9.71. The van der Waals surface area contributed by atoms with Gasteiger partial charge in [0.15, 0.2) is 17.3 Å². The van der Waals surface area contributed by atoms with Crippen LogP contribution in [0.2, 0.25) is 0 Å². The van der Waals surface area contributed by atoms with Gasteiger partial charge in [0.25, 0.3) is 0 Å². The molecule has 0 aliphatic carbocycles. The molecule has 0 spiro atoms. The molecule has 0 atom stereocenters. The van der Waals surface area contributed by atoms with Crippen molar-refractivity contribution in [3.05, 3.63) is 29.6 Å². The number of ketones is 1. The lowest BCUT2D eigenvalue weighted by molar-refractivity contribution is 0.0993. The molecule has 0 amide bonds. The number of rotatable bonds is 5. The number of ether oxygens (including phenoxy) is 1. The van der Waals surface area contributed by atoms with Crippen LogP contribution in [-0.4, -0.2) is 25.5 Å². The van der Waals surface area contributed by atoms with Crippen molar-refractivity contribution in [1.29, 1.82) is 0 Å². The average molecular weight is 225 g/mol. The molecule has 0 saturated heterocycles. The summed E-state index contributed by atoms with van der Waals surface area (Å²) in [5, 5.41) is 2.73. The summed E-state index contributed by atoms with van der Waals surface area (Å²) in [5.74, 6) is -0.468. The smallest absolute Gasteiger partial charge is 0.176 e. The highest BCUT2D eigenvalue weighted by Crippen LogP contribution is 2.19. The second-order valence-corrected chi connectivity index (χ2v) is 3.77. The Hall–Kier alpha value is -1.42. The summed E-state index contributed by atoms with van der Waals surface area (Å²) in [6.45, 7) is 3.84. The minimum Gasteiger partial charge on any atom is -0.488 e. The predicted octanol–water partition coefficient (Wildman–Crippen LogP) is 2.02. The number of hydrogen-bond donors (Lipinski definition) is 1. The summed E-state index contributed by atoms with van der Waals surface area (Å²) in [6.07, 6.45) is -0.0895. The Morgan fingerprint density at radius 3 is 2.69 bits per heavy atom. The number of likely N-dealkylation sites (N-methyl/N-ethyl adjacent to an activating group) is 1. The molecule has 16 heavy (non-hydrogen) atoms. The van der Waals surface area contributed by atoms with Crippen molar-refractivity contribution < 1.29 is 13.9 Å². The van der Waals surface area contributed by atoms with Gasteiger partial charge in [-0.05, 0) is 39.1 Å². The van der Waals surface area contributed by atoms with Crippen LogP contribution in [-0.2, 0) is 0 Å². The minimum absolute atomic E-state index is 0.0895. The van der Waals surface area contributed by atoms with Gasteiger partial charge in [-0.3, -0.25) is 4.79 Å². The molecular formula is C12H16FNO2. The van der Waals surface area contributed by atoms with E-state index in [4.69, 9.17) is 4.74 Å². The number of nitrogens with one attached hydrogen (secondary N) is 1. The van der Waals surface area contributed by atoms with Gasteiger partial charge in [0, 0.05) is 5.56 Å². The van der Waals surface area contributed by atoms with Gasteiger partial charge in [-0.25, -0.2) is 4.39 Å². The highest BCUT2D eigenvalue weighted by molar-refractivity contribution is 5.97. The van der Waals surface area contributed by atoms with Crippen molar-refractivity contribution in [1.82, 2.24) is 5.32 Å². The second kappa shape index (κ2) is 5.61. The second-order valence-electron chi connectivity index (χ2n) is 3.77. The third kappa shape index (κ3) is 3.31. The molecule has 0 aliphatic heterocycles. The van der Waals surface area contributed by atoms with Gasteiger partial charge in [0.05, 0.1) is 12.6 Å². The summed E-state index contributed by atoms with van der Waals surface area (Å²) in [5.41, 5.74) is 0.350. The van der Waals surface area contributed by atoms with E-state index in [2.05, 4.69) is 5.32 Å². The molecule has 0 radical (unpaired) electrons. The van der Waals surface area contributed by atoms with Crippen LogP contribution in [0.5, 0.6) is 5.75 Å². The first-order chi connectivity index (χ1) is 7.54. The quantitative estimate of drug-likeness (QED) is 0.779. The Kier molecular flexibility index (Phi) is 4.43. The maximum absolute atomic E-state index is 13.5. The van der Waals surface area contributed by atoms with Crippen molar-refractivity contribution >= 4 is 5.78 Å². The molecule has 3 nitrogen and oxygen atoms in total. The molecule has 1 aromatic carbocycles. The van der Waals surface area contributed by atoms with Crippen LogP contribution >= 0.6 is 0 Å². The van der Waals surface area contributed by atoms with E-state index >= 15 is 0 Å². The molecule has 0 fully saturated rings. The van der Waals surface area contributed by atoms with Gasteiger partial charge in [0.1, 0.15) is 0 Å². The Morgan fingerprint density at radius 2 is 2.19 bits per heavy atom. The number of carbonyl (C=O) groups excluding carboxylic acids is 1. The van der Waals surface area contributed by atoms with E-state index in [9.17, 15) is 9.18 Å². The minimum atomic E-state index is -0.504. The van der Waals surface area contributed by atoms with E-state index in [1.54, 1.807) is 13.1 Å². The molecule has 0 aliphatic rings. The molecule has 88 valence electrons. The van der Waals surface area contributed by atoms with E-state index in [0.29, 0.717) is 5.56 Å². The van der Waals surface area contributed by atoms with Crippen LogP contribution < -0.4 is 10.1 Å². The monoisotopic (exact) mass is 225 g/mol. The van der Waals surface area contributed by atoms with Crippen LogP contribution in [0.4, 0.5) is 4.39 Å². The number of hydrogen-bond acceptors (Lipinski definition) is 3. The van der Waals surface area contributed by atoms with Gasteiger partial charge < -0.3 is 10.1 Å². The van der Waals surface area contributed by atoms with E-state index in [0.717, 1.165) is 0 Å². The van der Waals surface area contributed by atoms with E-state index in [1.807, 2.05) is 13.8 Å². The van der Waals surface area contributed by atoms with Crippen LogP contribution in [0, 0.1) is 5.82 Å². The Bertz CT molecular complexity index is 377. The van der Waals surface area contributed by atoms with Crippen molar-refractivity contribution in [3.8, 4) is 5.75 Å². The number of carbonyl (C=O) groups is 1. The number of benzene rings is 1. The third-order valence-electron chi connectivity index (χ3n) is 1.95. The molecule has 0 unspecified atom stereocenters. The van der Waals surface area contributed by atoms with Crippen molar-refractivity contribution in [2.45, 2.75) is 20.0 Å². The zero-order chi connectivity index (χ0) is 12.1. The van der Waals surface area contributed by atoms with E-state index < -0.39 is 5.82 Å². The van der Waals surface area contributed by atoms with Crippen LogP contribution in [0.1, 0.15) is 24.2 Å². The summed E-state index contributed by atoms with van der Waals surface area (Å²) in [6, 6.07) is 4.26. The first-order valence-corrected chi connectivity index (χ1v) is 5.18. The lowest BCUT2D eigenvalue weighted by atomic mass is 10.1. The first kappa shape index (κ1) is 12.6. The summed E-state index contributed by atoms with van der Waals surface area (Å²) in [7, 11) is 1.67. The molecule has 1 N–H and O–H groups in total. The van der Waals surface area contributed by atoms with E-state index in [-0.39, 0.29) is 24.2 Å². The number of Topliss-reactive ketones (excluding diaryl/α,β-unsaturated/α-hetero) is 1. The van der Waals surface area contributed by atoms with Crippen LogP contribution in [0.15, 0.2) is 18.2 Å². The van der Waals surface area contributed by atoms with Gasteiger partial charge in [-0.2, -0.15) is 0 Å². The summed E-state index contributed by atoms with van der Waals surface area (Å²) < 4.78 is 18.8. The van der Waals surface area contributed by atoms with Crippen molar-refractivity contribution in [2.24, 2.45) is 0 Å². The Morgan fingerprint density at radius 1 is 1.50 bits per heavy atom. The standard InChI is InChI=1S/C12H16FNO2/c1-8(2)16-12-5-4-9(6-10(12)13)11(15)7-14-3/h4-6,8,14H,7H2,1-3H3. The lowest BCUT2D eigenvalue weighted by Gasteiger charge is -2.11. The molecular weight excluding hydrogens is 209 g/mol. The zero-order valence-electron chi connectivity index (χ0n) is 9.71. The highest BCUT2D eigenvalue weighted by Gasteiger charge is 2.10. The third-order valence-corrected chi connectivity index (χ3v) is 1.95. The van der Waals surface area contributed by atoms with Gasteiger partial charge in [0.2, 0.25) is 0 Å². The molecule has 1 aromatic rings. The van der Waals surface area contributed by atoms with Crippen LogP contribution in [0.3, 0.4) is 0 Å². The first-order valence-electron chi connectivity index (χ1n) is 5.18. The van der Waals surface area contributed by atoms with Crippen molar-refractivity contribution in [3.63, 3.8) is 0 Å². The Labute approximate surface area is 94.6 Å². The normalized spacial score (nSPS) is 10.6. The maximum atomic E-state index is 13.5. The largest absolute Gasteiger partial charge is 0.488 e. The van der Waals surface area contributed by atoms with Gasteiger partial charge >= 0.3 is 0 Å². The molecule has 0 aromatic heterocycles. The van der Waals surface area contributed by atoms with E-state index in [1.165, 1.54) is 12.1 Å². The predicted molar refractivity (Wildman–Crippen MR) is 60.4 cm³/mol. The maximum Gasteiger partial charge on any atom is 0.176 e. The topological polar surface area (TPSA) is 38.3 Å². The number of halogens is 1. The molecule has 0 bridgehead atoms. The Balaban J connectivity index is 2.86. The fourth-order valence-corrected chi connectivity index (χ4v) is 1.29.